The Bertz CT molecular complexity index is 1600. The Morgan fingerprint density at radius 2 is 1.00 bits per heavy atom. The third-order valence-electron chi connectivity index (χ3n) is 6.30. The van der Waals surface area contributed by atoms with Crippen molar-refractivity contribution in [2.24, 2.45) is 0 Å². The minimum atomic E-state index is -3.02. The molecule has 6 aromatic rings. The summed E-state index contributed by atoms with van der Waals surface area (Å²) in [5.41, 5.74) is 4.00. The van der Waals surface area contributed by atoms with E-state index in [0.29, 0.717) is 0 Å². The minimum absolute atomic E-state index is 0.810. The number of aromatic nitrogens is 2. The van der Waals surface area contributed by atoms with Crippen LogP contribution in [-0.4, -0.2) is 9.55 Å². The molecule has 0 saturated carbocycles. The number of imidazole rings is 1. The van der Waals surface area contributed by atoms with Gasteiger partial charge in [0.2, 0.25) is 0 Å². The normalized spacial score (nSPS) is 11.5. The molecule has 0 saturated heterocycles. The lowest BCUT2D eigenvalue weighted by atomic mass is 10.2. The molecule has 35 heavy (non-hydrogen) atoms. The van der Waals surface area contributed by atoms with Crippen molar-refractivity contribution in [3.05, 3.63) is 140 Å². The Hall–Kier alpha value is -4.20. The monoisotopic (exact) mass is 470 g/mol. The standard InChI is InChI=1S/C31H23N2OP/c34-35(26-14-6-2-7-15-26,27-16-8-3-9-17-27)28-22-20-25(21-23-28)33-30-19-11-10-18-29(30)32-31(33)24-12-4-1-5-13-24/h1-23H. The van der Waals surface area contributed by atoms with Gasteiger partial charge in [-0.25, -0.2) is 4.98 Å². The molecule has 5 aromatic carbocycles. The average molecular weight is 471 g/mol. The van der Waals surface area contributed by atoms with E-state index in [-0.39, 0.29) is 0 Å². The highest BCUT2D eigenvalue weighted by Crippen LogP contribution is 2.42. The van der Waals surface area contributed by atoms with Crippen LogP contribution in [-0.2, 0) is 4.57 Å². The van der Waals surface area contributed by atoms with Crippen LogP contribution in [0.25, 0.3) is 28.1 Å². The average Bonchev–Trinajstić information content (AvgIpc) is 3.34. The number of para-hydroxylation sites is 2. The van der Waals surface area contributed by atoms with Crippen molar-refractivity contribution in [2.45, 2.75) is 0 Å². The topological polar surface area (TPSA) is 34.9 Å². The van der Waals surface area contributed by atoms with Gasteiger partial charge >= 0.3 is 0 Å². The zero-order valence-electron chi connectivity index (χ0n) is 19.0. The Morgan fingerprint density at radius 3 is 1.60 bits per heavy atom. The van der Waals surface area contributed by atoms with E-state index in [2.05, 4.69) is 34.9 Å². The smallest absolute Gasteiger partial charge is 0.171 e. The number of hydrogen-bond donors (Lipinski definition) is 0. The summed E-state index contributed by atoms with van der Waals surface area (Å²) in [4.78, 5) is 4.93. The second kappa shape index (κ2) is 8.87. The van der Waals surface area contributed by atoms with Crippen LogP contribution < -0.4 is 15.9 Å². The zero-order valence-corrected chi connectivity index (χ0v) is 19.9. The van der Waals surface area contributed by atoms with Crippen LogP contribution in [0.2, 0.25) is 0 Å². The lowest BCUT2D eigenvalue weighted by Gasteiger charge is -2.20. The number of rotatable bonds is 5. The summed E-state index contributed by atoms with van der Waals surface area (Å²) in [5, 5.41) is 2.47. The van der Waals surface area contributed by atoms with Crippen molar-refractivity contribution >= 4 is 34.1 Å². The Kier molecular flexibility index (Phi) is 5.41. The lowest BCUT2D eigenvalue weighted by Crippen LogP contribution is -2.25. The molecule has 1 aromatic heterocycles. The van der Waals surface area contributed by atoms with Crippen LogP contribution in [0.4, 0.5) is 0 Å². The fourth-order valence-corrected chi connectivity index (χ4v) is 7.25. The second-order valence-corrected chi connectivity index (χ2v) is 11.2. The molecule has 0 aliphatic heterocycles. The highest BCUT2D eigenvalue weighted by atomic mass is 31.2. The van der Waals surface area contributed by atoms with Gasteiger partial charge in [0, 0.05) is 27.2 Å². The van der Waals surface area contributed by atoms with Crippen molar-refractivity contribution in [3.8, 4) is 17.1 Å². The molecule has 3 nitrogen and oxygen atoms in total. The van der Waals surface area contributed by atoms with Crippen molar-refractivity contribution < 1.29 is 4.57 Å². The van der Waals surface area contributed by atoms with Gasteiger partial charge in [0.15, 0.2) is 7.14 Å². The predicted molar refractivity (Wildman–Crippen MR) is 146 cm³/mol. The first-order valence-corrected chi connectivity index (χ1v) is 13.3. The summed E-state index contributed by atoms with van der Waals surface area (Å²) >= 11 is 0. The van der Waals surface area contributed by atoms with Crippen molar-refractivity contribution in [1.29, 1.82) is 0 Å². The molecule has 4 heteroatoms. The van der Waals surface area contributed by atoms with Crippen LogP contribution in [0.15, 0.2) is 140 Å². The third kappa shape index (κ3) is 3.71. The van der Waals surface area contributed by atoms with Gasteiger partial charge in [-0.2, -0.15) is 0 Å². The minimum Gasteiger partial charge on any atom is -0.309 e. The largest absolute Gasteiger partial charge is 0.309 e. The highest BCUT2D eigenvalue weighted by molar-refractivity contribution is 7.85. The molecule has 0 radical (unpaired) electrons. The fourth-order valence-electron chi connectivity index (χ4n) is 4.60. The molecule has 0 N–H and O–H groups in total. The summed E-state index contributed by atoms with van der Waals surface area (Å²) in [6.07, 6.45) is 0. The van der Waals surface area contributed by atoms with Gasteiger partial charge < -0.3 is 4.57 Å². The van der Waals surface area contributed by atoms with Gasteiger partial charge in [-0.3, -0.25) is 4.57 Å². The van der Waals surface area contributed by atoms with Gasteiger partial charge in [-0.1, -0.05) is 103 Å². The predicted octanol–water partition coefficient (Wildman–Crippen LogP) is 6.33. The van der Waals surface area contributed by atoms with Crippen molar-refractivity contribution in [3.63, 3.8) is 0 Å². The van der Waals surface area contributed by atoms with E-state index in [0.717, 1.165) is 44.0 Å². The maximum absolute atomic E-state index is 14.7. The number of nitrogens with zero attached hydrogens (tertiary/aromatic N) is 2. The third-order valence-corrected chi connectivity index (χ3v) is 9.38. The molecule has 0 bridgehead atoms. The molecule has 0 fully saturated rings. The van der Waals surface area contributed by atoms with E-state index in [1.165, 1.54) is 0 Å². The van der Waals surface area contributed by atoms with Gasteiger partial charge in [0.25, 0.3) is 0 Å². The molecule has 0 spiro atoms. The molecule has 0 aliphatic carbocycles. The Balaban J connectivity index is 1.52. The van der Waals surface area contributed by atoms with Crippen LogP contribution in [0.3, 0.4) is 0 Å². The van der Waals surface area contributed by atoms with Crippen LogP contribution in [0.1, 0.15) is 0 Å². The summed E-state index contributed by atoms with van der Waals surface area (Å²) in [7, 11) is -3.02. The van der Waals surface area contributed by atoms with Crippen LogP contribution in [0.5, 0.6) is 0 Å². The van der Waals surface area contributed by atoms with E-state index in [4.69, 9.17) is 4.98 Å². The van der Waals surface area contributed by atoms with Crippen LogP contribution in [0, 0.1) is 0 Å². The first kappa shape index (κ1) is 21.3. The molecule has 0 aliphatic rings. The molecule has 0 atom stereocenters. The fraction of sp³-hybridized carbons (Fsp3) is 0. The lowest BCUT2D eigenvalue weighted by molar-refractivity contribution is 0.592. The SMILES string of the molecule is O=P(c1ccccc1)(c1ccccc1)c1ccc(-n2c(-c3ccccc3)nc3ccccc32)cc1. The number of benzene rings is 5. The quantitative estimate of drug-likeness (QED) is 0.276. The number of fused-ring (bicyclic) bond motifs is 1. The first-order valence-electron chi connectivity index (χ1n) is 11.6. The summed E-state index contributed by atoms with van der Waals surface area (Å²) in [6.45, 7) is 0. The molecular weight excluding hydrogens is 447 g/mol. The summed E-state index contributed by atoms with van der Waals surface area (Å²) in [6, 6.07) is 46.0. The molecule has 1 heterocycles. The van der Waals surface area contributed by atoms with E-state index >= 15 is 0 Å². The number of hydrogen-bond acceptors (Lipinski definition) is 2. The van der Waals surface area contributed by atoms with Gasteiger partial charge in [0.1, 0.15) is 5.82 Å². The first-order chi connectivity index (χ1) is 17.2. The molecule has 6 rings (SSSR count). The van der Waals surface area contributed by atoms with Gasteiger partial charge in [0.05, 0.1) is 11.0 Å². The Labute approximate surface area is 204 Å². The van der Waals surface area contributed by atoms with Crippen molar-refractivity contribution in [1.82, 2.24) is 9.55 Å². The van der Waals surface area contributed by atoms with E-state index in [9.17, 15) is 4.57 Å². The van der Waals surface area contributed by atoms with Crippen molar-refractivity contribution in [2.75, 3.05) is 0 Å². The molecule has 168 valence electrons. The maximum atomic E-state index is 14.7. The molecule has 0 amide bonds. The van der Waals surface area contributed by atoms with Gasteiger partial charge in [-0.05, 0) is 36.4 Å². The van der Waals surface area contributed by atoms with Crippen LogP contribution >= 0.6 is 7.14 Å². The zero-order chi connectivity index (χ0) is 23.7. The highest BCUT2D eigenvalue weighted by Gasteiger charge is 2.29. The maximum Gasteiger partial charge on any atom is 0.171 e. The molecule has 0 unspecified atom stereocenters. The van der Waals surface area contributed by atoms with E-state index in [1.54, 1.807) is 0 Å². The van der Waals surface area contributed by atoms with E-state index in [1.807, 2.05) is 109 Å². The second-order valence-electron chi connectivity index (χ2n) is 8.42. The summed E-state index contributed by atoms with van der Waals surface area (Å²) < 4.78 is 16.9. The molecular formula is C31H23N2OP. The summed E-state index contributed by atoms with van der Waals surface area (Å²) in [5.74, 6) is 0.883. The van der Waals surface area contributed by atoms with E-state index < -0.39 is 7.14 Å². The van der Waals surface area contributed by atoms with Gasteiger partial charge in [-0.15, -0.1) is 0 Å². The Morgan fingerprint density at radius 1 is 0.514 bits per heavy atom.